The molecule has 2 atom stereocenters. The van der Waals surface area contributed by atoms with E-state index in [1.165, 1.54) is 65.6 Å². The van der Waals surface area contributed by atoms with Gasteiger partial charge in [0.15, 0.2) is 0 Å². The van der Waals surface area contributed by atoms with Gasteiger partial charge in [-0.2, -0.15) is 0 Å². The average molecular weight is 408 g/mol. The molecule has 1 aliphatic heterocycles. The van der Waals surface area contributed by atoms with Crippen molar-refractivity contribution in [3.05, 3.63) is 95.6 Å². The summed E-state index contributed by atoms with van der Waals surface area (Å²) in [6, 6.07) is 16.1. The summed E-state index contributed by atoms with van der Waals surface area (Å²) in [6.07, 6.45) is 0.00288. The highest BCUT2D eigenvalue weighted by Gasteiger charge is 2.49. The Morgan fingerprint density at radius 3 is 2.07 bits per heavy atom. The predicted octanol–water partition coefficient (Wildman–Crippen LogP) is 3.49. The third kappa shape index (κ3) is 3.87. The molecule has 3 aromatic rings. The number of nitrogens with zero attached hydrogens (tertiary/aromatic N) is 1. The number of hydrogen-bond acceptors (Lipinski definition) is 3. The second kappa shape index (κ2) is 7.94. The van der Waals surface area contributed by atoms with E-state index >= 15 is 0 Å². The third-order valence-corrected chi connectivity index (χ3v) is 5.03. The van der Waals surface area contributed by atoms with E-state index in [4.69, 9.17) is 0 Å². The topological polar surface area (TPSA) is 69.6 Å². The van der Waals surface area contributed by atoms with Crippen molar-refractivity contribution in [2.75, 3.05) is 4.90 Å². The van der Waals surface area contributed by atoms with Crippen LogP contribution in [0.25, 0.3) is 0 Å². The summed E-state index contributed by atoms with van der Waals surface area (Å²) in [7, 11) is 0. The van der Waals surface area contributed by atoms with E-state index in [0.717, 1.165) is 0 Å². The van der Waals surface area contributed by atoms with Crippen LogP contribution in [-0.2, 0) is 16.0 Å². The molecule has 2 amide bonds. The van der Waals surface area contributed by atoms with E-state index in [1.807, 2.05) is 0 Å². The molecule has 7 heteroatoms. The lowest BCUT2D eigenvalue weighted by Crippen LogP contribution is -2.66. The van der Waals surface area contributed by atoms with Gasteiger partial charge in [0.2, 0.25) is 5.91 Å². The Kier molecular flexibility index (Phi) is 5.18. The number of hydrogen-bond donors (Lipinski definition) is 2. The molecule has 1 saturated heterocycles. The van der Waals surface area contributed by atoms with E-state index in [9.17, 15) is 23.5 Å². The first-order valence-corrected chi connectivity index (χ1v) is 9.34. The van der Waals surface area contributed by atoms with Crippen LogP contribution in [0.3, 0.4) is 0 Å². The Balaban J connectivity index is 1.57. The lowest BCUT2D eigenvalue weighted by Gasteiger charge is -2.47. The van der Waals surface area contributed by atoms with Crippen molar-refractivity contribution in [1.29, 1.82) is 0 Å². The molecule has 0 radical (unpaired) electrons. The molecular weight excluding hydrogens is 390 g/mol. The van der Waals surface area contributed by atoms with Gasteiger partial charge in [-0.15, -0.1) is 0 Å². The molecule has 1 aliphatic rings. The van der Waals surface area contributed by atoms with Gasteiger partial charge in [0.1, 0.15) is 23.4 Å². The molecule has 0 aliphatic carbocycles. The van der Waals surface area contributed by atoms with Gasteiger partial charge in [0.25, 0.3) is 5.91 Å². The highest BCUT2D eigenvalue weighted by molar-refractivity contribution is 6.07. The molecule has 2 N–H and O–H groups in total. The van der Waals surface area contributed by atoms with Crippen LogP contribution in [0.1, 0.15) is 17.2 Å². The van der Waals surface area contributed by atoms with Crippen molar-refractivity contribution >= 4 is 17.5 Å². The van der Waals surface area contributed by atoms with E-state index in [1.54, 1.807) is 12.1 Å². The molecule has 5 nitrogen and oxygen atoms in total. The number of anilines is 1. The lowest BCUT2D eigenvalue weighted by atomic mass is 9.87. The van der Waals surface area contributed by atoms with Crippen molar-refractivity contribution in [2.24, 2.45) is 0 Å². The number of phenols is 1. The van der Waals surface area contributed by atoms with Crippen LogP contribution in [-0.4, -0.2) is 23.0 Å². The molecular formula is C23H18F2N2O3. The van der Waals surface area contributed by atoms with Crippen LogP contribution >= 0.6 is 0 Å². The Labute approximate surface area is 171 Å². The maximum atomic E-state index is 13.3. The zero-order valence-electron chi connectivity index (χ0n) is 15.8. The number of amides is 2. The molecule has 30 heavy (non-hydrogen) atoms. The van der Waals surface area contributed by atoms with Crippen LogP contribution < -0.4 is 10.2 Å². The number of β-lactam (4-membered cyclic amide) rings is 1. The first-order chi connectivity index (χ1) is 14.4. The SMILES string of the molecule is O=C(Cc1ccc(F)cc1)N[C@H]1C(=O)N(c2ccc(F)cc2)[C@@H]1c1ccc(O)cc1. The Hall–Kier alpha value is -3.74. The Bertz CT molecular complexity index is 1070. The summed E-state index contributed by atoms with van der Waals surface area (Å²) >= 11 is 0. The molecule has 0 spiro atoms. The van der Waals surface area contributed by atoms with E-state index in [0.29, 0.717) is 16.8 Å². The minimum absolute atomic E-state index is 0.00288. The molecule has 152 valence electrons. The number of aromatic hydroxyl groups is 1. The number of carbonyl (C=O) groups excluding carboxylic acids is 2. The van der Waals surface area contributed by atoms with E-state index in [2.05, 4.69) is 5.32 Å². The summed E-state index contributed by atoms with van der Waals surface area (Å²) in [6.45, 7) is 0. The summed E-state index contributed by atoms with van der Waals surface area (Å²) < 4.78 is 26.4. The van der Waals surface area contributed by atoms with Crippen molar-refractivity contribution in [3.63, 3.8) is 0 Å². The minimum atomic E-state index is -0.812. The van der Waals surface area contributed by atoms with Gasteiger partial charge in [-0.3, -0.25) is 9.59 Å². The molecule has 0 saturated carbocycles. The van der Waals surface area contributed by atoms with Gasteiger partial charge >= 0.3 is 0 Å². The number of carbonyl (C=O) groups is 2. The van der Waals surface area contributed by atoms with Gasteiger partial charge in [-0.1, -0.05) is 24.3 Å². The molecule has 0 aromatic heterocycles. The quantitative estimate of drug-likeness (QED) is 0.635. The third-order valence-electron chi connectivity index (χ3n) is 5.03. The van der Waals surface area contributed by atoms with Gasteiger partial charge in [-0.25, -0.2) is 8.78 Å². The summed E-state index contributed by atoms with van der Waals surface area (Å²) in [4.78, 5) is 26.8. The molecule has 1 fully saturated rings. The highest BCUT2D eigenvalue weighted by atomic mass is 19.1. The lowest BCUT2D eigenvalue weighted by molar-refractivity contribution is -0.132. The van der Waals surface area contributed by atoms with Crippen LogP contribution in [0, 0.1) is 11.6 Å². The first kappa shape index (κ1) is 19.6. The molecule has 3 aromatic carbocycles. The maximum absolute atomic E-state index is 13.3. The van der Waals surface area contributed by atoms with Crippen molar-refractivity contribution in [1.82, 2.24) is 5.32 Å². The monoisotopic (exact) mass is 408 g/mol. The minimum Gasteiger partial charge on any atom is -0.508 e. The normalized spacial score (nSPS) is 18.1. The Morgan fingerprint density at radius 1 is 0.900 bits per heavy atom. The summed E-state index contributed by atoms with van der Waals surface area (Å²) in [5.41, 5.74) is 1.84. The maximum Gasteiger partial charge on any atom is 0.252 e. The average Bonchev–Trinajstić information content (AvgIpc) is 2.74. The number of rotatable bonds is 5. The zero-order valence-corrected chi connectivity index (χ0v) is 15.8. The molecule has 4 rings (SSSR count). The van der Waals surface area contributed by atoms with Gasteiger partial charge in [0, 0.05) is 5.69 Å². The van der Waals surface area contributed by atoms with Crippen LogP contribution in [0.15, 0.2) is 72.8 Å². The molecule has 0 bridgehead atoms. The van der Waals surface area contributed by atoms with Crippen LogP contribution in [0.4, 0.5) is 14.5 Å². The van der Waals surface area contributed by atoms with Gasteiger partial charge in [-0.05, 0) is 59.7 Å². The second-order valence-corrected chi connectivity index (χ2v) is 7.07. The fraction of sp³-hybridized carbons (Fsp3) is 0.130. The largest absolute Gasteiger partial charge is 0.508 e. The van der Waals surface area contributed by atoms with Crippen molar-refractivity contribution in [2.45, 2.75) is 18.5 Å². The number of halogens is 2. The van der Waals surface area contributed by atoms with Crippen molar-refractivity contribution < 1.29 is 23.5 Å². The zero-order chi connectivity index (χ0) is 21.3. The fourth-order valence-electron chi connectivity index (χ4n) is 3.54. The van der Waals surface area contributed by atoms with E-state index in [-0.39, 0.29) is 24.0 Å². The van der Waals surface area contributed by atoms with Crippen LogP contribution in [0.2, 0.25) is 0 Å². The smallest absolute Gasteiger partial charge is 0.252 e. The number of phenolic OH excluding ortho intramolecular Hbond substituents is 1. The first-order valence-electron chi connectivity index (χ1n) is 9.34. The highest BCUT2D eigenvalue weighted by Crippen LogP contribution is 2.39. The van der Waals surface area contributed by atoms with Crippen LogP contribution in [0.5, 0.6) is 5.75 Å². The molecule has 0 unspecified atom stereocenters. The molecule has 1 heterocycles. The second-order valence-electron chi connectivity index (χ2n) is 7.07. The number of benzene rings is 3. The van der Waals surface area contributed by atoms with Gasteiger partial charge < -0.3 is 15.3 Å². The number of nitrogens with one attached hydrogen (secondary N) is 1. The van der Waals surface area contributed by atoms with Crippen molar-refractivity contribution in [3.8, 4) is 5.75 Å². The standard InChI is InChI=1S/C23H18F2N2O3/c24-16-5-1-14(2-6-16)13-20(29)26-21-22(15-3-11-19(28)12-4-15)27(23(21)30)18-9-7-17(25)8-10-18/h1-12,21-22,28H,13H2,(H,26,29)/t21-,22-/m1/s1. The summed E-state index contributed by atoms with van der Waals surface area (Å²) in [5, 5.41) is 12.3. The Morgan fingerprint density at radius 2 is 1.47 bits per heavy atom. The fourth-order valence-corrected chi connectivity index (χ4v) is 3.54. The van der Waals surface area contributed by atoms with Gasteiger partial charge in [0.05, 0.1) is 12.5 Å². The summed E-state index contributed by atoms with van der Waals surface area (Å²) in [5.74, 6) is -1.43. The van der Waals surface area contributed by atoms with E-state index < -0.39 is 23.7 Å². The predicted molar refractivity (Wildman–Crippen MR) is 107 cm³/mol.